The summed E-state index contributed by atoms with van der Waals surface area (Å²) in [4.78, 5) is 31.6. The second-order valence-corrected chi connectivity index (χ2v) is 9.13. The third-order valence-electron chi connectivity index (χ3n) is 5.74. The lowest BCUT2D eigenvalue weighted by Gasteiger charge is -2.20. The van der Waals surface area contributed by atoms with Gasteiger partial charge in [0.05, 0.1) is 11.8 Å². The Bertz CT molecular complexity index is 1140. The zero-order valence-electron chi connectivity index (χ0n) is 19.6. The number of likely N-dealkylation sites (N-methyl/N-ethyl adjacent to an activating group) is 1. The minimum absolute atomic E-state index is 0.0190. The molecule has 4 rings (SSSR count). The maximum absolute atomic E-state index is 13.1. The molecule has 1 aromatic heterocycles. The van der Waals surface area contributed by atoms with Gasteiger partial charge in [-0.2, -0.15) is 0 Å². The topological polar surface area (TPSA) is 101 Å². The Morgan fingerprint density at radius 3 is 2.76 bits per heavy atom. The number of anilines is 1. The van der Waals surface area contributed by atoms with Crippen LogP contribution in [0.1, 0.15) is 55.6 Å². The number of carbonyl (C=O) groups is 2. The molecule has 0 unspecified atom stereocenters. The smallest absolute Gasteiger partial charge is 0.270 e. The number of rotatable bonds is 4. The lowest BCUT2D eigenvalue weighted by atomic mass is 10.1. The van der Waals surface area contributed by atoms with E-state index in [1.165, 1.54) is 11.1 Å². The number of carbonyl (C=O) groups excluding carboxylic acids is 2. The predicted octanol–water partition coefficient (Wildman–Crippen LogP) is 2.68. The van der Waals surface area contributed by atoms with E-state index in [2.05, 4.69) is 22.1 Å². The van der Waals surface area contributed by atoms with E-state index >= 15 is 0 Å². The number of pyridine rings is 1. The van der Waals surface area contributed by atoms with Gasteiger partial charge in [-0.15, -0.1) is 0 Å². The molecule has 34 heavy (non-hydrogen) atoms. The van der Waals surface area contributed by atoms with E-state index in [1.54, 1.807) is 51.2 Å². The molecule has 0 bridgehead atoms. The van der Waals surface area contributed by atoms with Gasteiger partial charge in [0.1, 0.15) is 35.4 Å². The summed E-state index contributed by atoms with van der Waals surface area (Å²) in [5.74, 6) is 5.96. The van der Waals surface area contributed by atoms with Crippen molar-refractivity contribution in [1.82, 2.24) is 10.3 Å². The number of nitrogens with one attached hydrogen (secondary N) is 1. The van der Waals surface area contributed by atoms with Crippen molar-refractivity contribution >= 4 is 17.5 Å². The molecule has 2 N–H and O–H groups in total. The summed E-state index contributed by atoms with van der Waals surface area (Å²) in [5, 5.41) is 12.6. The highest BCUT2D eigenvalue weighted by Crippen LogP contribution is 2.31. The van der Waals surface area contributed by atoms with Gasteiger partial charge in [-0.3, -0.25) is 14.6 Å². The molecule has 2 amide bonds. The van der Waals surface area contributed by atoms with Crippen LogP contribution >= 0.6 is 0 Å². The van der Waals surface area contributed by atoms with Gasteiger partial charge < -0.3 is 24.8 Å². The summed E-state index contributed by atoms with van der Waals surface area (Å²) < 4.78 is 11.8. The lowest BCUT2D eigenvalue weighted by Crippen LogP contribution is -2.49. The van der Waals surface area contributed by atoms with Crippen molar-refractivity contribution in [2.45, 2.75) is 57.3 Å². The van der Waals surface area contributed by atoms with Crippen LogP contribution in [-0.4, -0.2) is 53.3 Å². The molecule has 2 aromatic rings. The second-order valence-electron chi connectivity index (χ2n) is 9.13. The van der Waals surface area contributed by atoms with Crippen molar-refractivity contribution in [3.63, 3.8) is 0 Å². The van der Waals surface area contributed by atoms with Crippen LogP contribution in [-0.2, 0) is 4.79 Å². The average molecular weight is 464 g/mol. The van der Waals surface area contributed by atoms with E-state index in [4.69, 9.17) is 9.47 Å². The molecule has 0 spiro atoms. The zero-order chi connectivity index (χ0) is 24.3. The van der Waals surface area contributed by atoms with Gasteiger partial charge in [0.15, 0.2) is 0 Å². The Morgan fingerprint density at radius 1 is 1.26 bits per heavy atom. The van der Waals surface area contributed by atoms with Gasteiger partial charge in [-0.05, 0) is 63.8 Å². The van der Waals surface area contributed by atoms with Crippen LogP contribution in [0, 0.1) is 11.8 Å². The van der Waals surface area contributed by atoms with Crippen LogP contribution < -0.4 is 19.7 Å². The number of amides is 2. The molecule has 8 heteroatoms. The molecule has 0 saturated heterocycles. The minimum Gasteiger partial charge on any atom is -0.490 e. The quantitative estimate of drug-likeness (QED) is 0.677. The van der Waals surface area contributed by atoms with E-state index in [9.17, 15) is 14.7 Å². The Kier molecular flexibility index (Phi) is 6.75. The van der Waals surface area contributed by atoms with E-state index in [1.807, 2.05) is 0 Å². The fourth-order valence-corrected chi connectivity index (χ4v) is 3.94. The number of nitrogens with zero attached hydrogens (tertiary/aromatic N) is 2. The zero-order valence-corrected chi connectivity index (χ0v) is 19.6. The first-order chi connectivity index (χ1) is 16.2. The largest absolute Gasteiger partial charge is 0.490 e. The molecule has 2 aliphatic rings. The Morgan fingerprint density at radius 2 is 2.03 bits per heavy atom. The number of hydrogen-bond donors (Lipinski definition) is 2. The van der Waals surface area contributed by atoms with Crippen molar-refractivity contribution in [3.05, 3.63) is 47.8 Å². The van der Waals surface area contributed by atoms with Gasteiger partial charge in [0.2, 0.25) is 0 Å². The number of fused-ring (bicyclic) bond motifs is 1. The molecule has 1 saturated carbocycles. The third kappa shape index (κ3) is 5.67. The molecule has 2 heterocycles. The van der Waals surface area contributed by atoms with Crippen molar-refractivity contribution in [3.8, 4) is 23.3 Å². The number of aliphatic hydroxyl groups is 1. The molecule has 178 valence electrons. The Hall–Kier alpha value is -3.57. The van der Waals surface area contributed by atoms with Gasteiger partial charge in [0.25, 0.3) is 11.8 Å². The van der Waals surface area contributed by atoms with Crippen molar-refractivity contribution < 1.29 is 24.2 Å². The molecule has 1 fully saturated rings. The highest BCUT2D eigenvalue weighted by Gasteiger charge is 2.31. The fraction of sp³-hybridized carbons (Fsp3) is 0.423. The number of benzene rings is 1. The van der Waals surface area contributed by atoms with Crippen LogP contribution in [0.5, 0.6) is 11.5 Å². The maximum atomic E-state index is 13.1. The molecular formula is C26H29N3O5. The summed E-state index contributed by atoms with van der Waals surface area (Å²) in [6, 6.07) is 7.65. The van der Waals surface area contributed by atoms with Crippen LogP contribution in [0.2, 0.25) is 0 Å². The monoisotopic (exact) mass is 463 g/mol. The van der Waals surface area contributed by atoms with Crippen LogP contribution in [0.25, 0.3) is 0 Å². The van der Waals surface area contributed by atoms with Crippen molar-refractivity contribution in [1.29, 1.82) is 0 Å². The van der Waals surface area contributed by atoms with E-state index in [0.717, 1.165) is 25.7 Å². The van der Waals surface area contributed by atoms with Crippen LogP contribution in [0.15, 0.2) is 36.5 Å². The predicted molar refractivity (Wildman–Crippen MR) is 127 cm³/mol. The van der Waals surface area contributed by atoms with Crippen LogP contribution in [0.4, 0.5) is 5.69 Å². The molecule has 0 radical (unpaired) electrons. The molecule has 1 atom stereocenters. The minimum atomic E-state index is -1.13. The van der Waals surface area contributed by atoms with Gasteiger partial charge in [0, 0.05) is 24.9 Å². The first-order valence-electron chi connectivity index (χ1n) is 11.4. The molecular weight excluding hydrogens is 434 g/mol. The first-order valence-corrected chi connectivity index (χ1v) is 11.4. The first kappa shape index (κ1) is 23.6. The summed E-state index contributed by atoms with van der Waals surface area (Å²) in [6.45, 7) is 3.18. The van der Waals surface area contributed by atoms with E-state index in [-0.39, 0.29) is 24.3 Å². The standard InChI is InChI=1S/C26H29N3O5/c1-26(2,32)12-10-17-8-9-23-22(14-17)29(3)25(31)21(16-33-23)28-24(30)20-15-19(11-13-27-20)34-18-6-4-5-7-18/h8-9,11,13-15,18,21,32H,4-7,16H2,1-3H3,(H,28,30)/t21-/m1/s1. The molecule has 1 aliphatic heterocycles. The second kappa shape index (κ2) is 9.74. The summed E-state index contributed by atoms with van der Waals surface area (Å²) in [5.41, 5.74) is 0.217. The maximum Gasteiger partial charge on any atom is 0.270 e. The highest BCUT2D eigenvalue weighted by atomic mass is 16.5. The Balaban J connectivity index is 1.47. The summed E-state index contributed by atoms with van der Waals surface area (Å²) in [6.07, 6.45) is 6.02. The van der Waals surface area contributed by atoms with Gasteiger partial charge in [-0.1, -0.05) is 11.8 Å². The Labute approximate surface area is 199 Å². The third-order valence-corrected chi connectivity index (χ3v) is 5.74. The van der Waals surface area contributed by atoms with Gasteiger partial charge in [-0.25, -0.2) is 0 Å². The summed E-state index contributed by atoms with van der Waals surface area (Å²) in [7, 11) is 1.62. The lowest BCUT2D eigenvalue weighted by molar-refractivity contribution is -0.120. The molecule has 1 aromatic carbocycles. The normalized spacial score (nSPS) is 18.3. The van der Waals surface area contributed by atoms with E-state index in [0.29, 0.717) is 22.7 Å². The van der Waals surface area contributed by atoms with Crippen LogP contribution in [0.3, 0.4) is 0 Å². The summed E-state index contributed by atoms with van der Waals surface area (Å²) >= 11 is 0. The van der Waals surface area contributed by atoms with E-state index < -0.39 is 17.6 Å². The number of aromatic nitrogens is 1. The number of hydrogen-bond acceptors (Lipinski definition) is 6. The van der Waals surface area contributed by atoms with Gasteiger partial charge >= 0.3 is 0 Å². The van der Waals surface area contributed by atoms with Crippen molar-refractivity contribution in [2.75, 3.05) is 18.6 Å². The molecule has 8 nitrogen and oxygen atoms in total. The molecule has 1 aliphatic carbocycles. The SMILES string of the molecule is CN1C(=O)[C@H](NC(=O)c2cc(OC3CCCC3)ccn2)COc2ccc(C#CC(C)(C)O)cc21. The highest BCUT2D eigenvalue weighted by molar-refractivity contribution is 6.03. The average Bonchev–Trinajstić information content (AvgIpc) is 3.28. The van der Waals surface area contributed by atoms with Crippen molar-refractivity contribution in [2.24, 2.45) is 0 Å². The fourth-order valence-electron chi connectivity index (χ4n) is 3.94. The number of ether oxygens (including phenoxy) is 2.